The largest absolute Gasteiger partial charge is 0.375 e. The molecule has 0 radical (unpaired) electrons. The Morgan fingerprint density at radius 1 is 1.45 bits per heavy atom. The Kier molecular flexibility index (Phi) is 5.57. The number of nitrogens with zero attached hydrogens (tertiary/aromatic N) is 2. The number of amides is 1. The van der Waals surface area contributed by atoms with Gasteiger partial charge >= 0.3 is 0 Å². The average Bonchev–Trinajstić information content (AvgIpc) is 2.47. The zero-order valence-corrected chi connectivity index (χ0v) is 14.3. The Morgan fingerprint density at radius 2 is 2.23 bits per heavy atom. The quantitative estimate of drug-likeness (QED) is 0.836. The summed E-state index contributed by atoms with van der Waals surface area (Å²) in [5, 5.41) is 0. The van der Waals surface area contributed by atoms with Crippen LogP contribution >= 0.6 is 0 Å². The molecule has 4 nitrogen and oxygen atoms in total. The lowest BCUT2D eigenvalue weighted by Crippen LogP contribution is -2.48. The van der Waals surface area contributed by atoms with Gasteiger partial charge in [0.1, 0.15) is 0 Å². The Morgan fingerprint density at radius 3 is 2.86 bits per heavy atom. The third kappa shape index (κ3) is 4.07. The molecule has 22 heavy (non-hydrogen) atoms. The van der Waals surface area contributed by atoms with E-state index in [9.17, 15) is 4.79 Å². The van der Waals surface area contributed by atoms with Crippen LogP contribution in [-0.4, -0.2) is 40.6 Å². The van der Waals surface area contributed by atoms with Gasteiger partial charge in [0.25, 0.3) is 5.91 Å². The molecule has 1 amide bonds. The van der Waals surface area contributed by atoms with Crippen molar-refractivity contribution in [2.45, 2.75) is 65.0 Å². The lowest BCUT2D eigenvalue weighted by Gasteiger charge is -2.41. The van der Waals surface area contributed by atoms with Crippen molar-refractivity contribution in [3.8, 4) is 0 Å². The molecule has 1 aliphatic heterocycles. The van der Waals surface area contributed by atoms with Crippen molar-refractivity contribution < 1.29 is 9.53 Å². The molecule has 0 aliphatic carbocycles. The minimum Gasteiger partial charge on any atom is -0.375 e. The number of ether oxygens (including phenoxy) is 1. The van der Waals surface area contributed by atoms with Crippen LogP contribution in [0.2, 0.25) is 0 Å². The number of carbonyl (C=O) groups excluding carboxylic acids is 1. The zero-order chi connectivity index (χ0) is 16.2. The van der Waals surface area contributed by atoms with Gasteiger partial charge in [-0.3, -0.25) is 9.78 Å². The number of hydrogen-bond acceptors (Lipinski definition) is 3. The number of pyridine rings is 1. The molecule has 0 unspecified atom stereocenters. The van der Waals surface area contributed by atoms with E-state index in [-0.39, 0.29) is 17.6 Å². The third-order valence-corrected chi connectivity index (χ3v) is 4.28. The molecule has 4 heteroatoms. The summed E-state index contributed by atoms with van der Waals surface area (Å²) in [5.41, 5.74) is 1.60. The van der Waals surface area contributed by atoms with Gasteiger partial charge in [-0.1, -0.05) is 13.3 Å². The first-order chi connectivity index (χ1) is 10.5. The average molecular weight is 304 g/mol. The van der Waals surface area contributed by atoms with E-state index in [0.717, 1.165) is 50.1 Å². The second-order valence-corrected chi connectivity index (χ2v) is 6.63. The van der Waals surface area contributed by atoms with Crippen molar-refractivity contribution >= 4 is 5.91 Å². The summed E-state index contributed by atoms with van der Waals surface area (Å²) in [5.74, 6) is 0.116. The van der Waals surface area contributed by atoms with Crippen molar-refractivity contribution in [3.05, 3.63) is 29.6 Å². The molecular formula is C18H28N2O2. The summed E-state index contributed by atoms with van der Waals surface area (Å²) in [6, 6.07) is 4.03. The normalized spacial score (nSPS) is 20.6. The van der Waals surface area contributed by atoms with Gasteiger partial charge in [0.15, 0.2) is 0 Å². The summed E-state index contributed by atoms with van der Waals surface area (Å²) in [4.78, 5) is 19.2. The molecule has 0 aromatic carbocycles. The van der Waals surface area contributed by atoms with E-state index >= 15 is 0 Å². The van der Waals surface area contributed by atoms with E-state index in [1.54, 1.807) is 6.20 Å². The molecule has 122 valence electrons. The summed E-state index contributed by atoms with van der Waals surface area (Å²) < 4.78 is 5.78. The lowest BCUT2D eigenvalue weighted by atomic mass is 9.92. The highest BCUT2D eigenvalue weighted by Gasteiger charge is 2.34. The van der Waals surface area contributed by atoms with Crippen LogP contribution in [0.4, 0.5) is 0 Å². The zero-order valence-electron chi connectivity index (χ0n) is 14.3. The molecule has 1 aliphatic rings. The van der Waals surface area contributed by atoms with Gasteiger partial charge in [0.05, 0.1) is 5.60 Å². The van der Waals surface area contributed by atoms with Crippen molar-refractivity contribution in [2.75, 3.05) is 13.2 Å². The van der Waals surface area contributed by atoms with Crippen LogP contribution in [0.15, 0.2) is 18.3 Å². The fraction of sp³-hybridized carbons (Fsp3) is 0.667. The Labute approximate surface area is 133 Å². The Balaban J connectivity index is 2.16. The predicted molar refractivity (Wildman–Crippen MR) is 88.0 cm³/mol. The van der Waals surface area contributed by atoms with Gasteiger partial charge in [-0.25, -0.2) is 0 Å². The molecule has 1 saturated heterocycles. The molecule has 0 saturated carbocycles. The van der Waals surface area contributed by atoms with Crippen LogP contribution in [0.5, 0.6) is 0 Å². The molecule has 0 bridgehead atoms. The van der Waals surface area contributed by atoms with Crippen LogP contribution in [0.25, 0.3) is 0 Å². The van der Waals surface area contributed by atoms with Crippen molar-refractivity contribution in [1.29, 1.82) is 0 Å². The molecular weight excluding hydrogens is 276 g/mol. The van der Waals surface area contributed by atoms with Gasteiger partial charge in [-0.2, -0.15) is 0 Å². The third-order valence-electron chi connectivity index (χ3n) is 4.28. The highest BCUT2D eigenvalue weighted by Crippen LogP contribution is 2.28. The number of rotatable bonds is 5. The standard InChI is InChI=1S/C18H28N2O2/c1-5-7-15-12-14(8-10-19-15)17(21)20(6-2)16-9-11-22-18(3,4)13-16/h8,10,12,16H,5-7,9,11,13H2,1-4H3/t16-/m0/s1. The summed E-state index contributed by atoms with van der Waals surface area (Å²) in [6.45, 7) is 9.82. The molecule has 1 atom stereocenters. The lowest BCUT2D eigenvalue weighted by molar-refractivity contribution is -0.0777. The molecule has 0 N–H and O–H groups in total. The van der Waals surface area contributed by atoms with E-state index in [1.165, 1.54) is 0 Å². The first-order valence-corrected chi connectivity index (χ1v) is 8.36. The second-order valence-electron chi connectivity index (χ2n) is 6.63. The van der Waals surface area contributed by atoms with Crippen molar-refractivity contribution in [2.24, 2.45) is 0 Å². The fourth-order valence-corrected chi connectivity index (χ4v) is 3.20. The van der Waals surface area contributed by atoms with E-state index in [2.05, 4.69) is 32.7 Å². The number of carbonyl (C=O) groups is 1. The molecule has 2 heterocycles. The van der Waals surface area contributed by atoms with Crippen LogP contribution in [0, 0.1) is 0 Å². The predicted octanol–water partition coefficient (Wildman–Crippen LogP) is 3.45. The second kappa shape index (κ2) is 7.23. The first-order valence-electron chi connectivity index (χ1n) is 8.36. The summed E-state index contributed by atoms with van der Waals surface area (Å²) in [6.07, 6.45) is 5.50. The Bertz CT molecular complexity index is 514. The van der Waals surface area contributed by atoms with Gasteiger partial charge in [-0.15, -0.1) is 0 Å². The number of aromatic nitrogens is 1. The van der Waals surface area contributed by atoms with E-state index < -0.39 is 0 Å². The monoisotopic (exact) mass is 304 g/mol. The van der Waals surface area contributed by atoms with Crippen molar-refractivity contribution in [1.82, 2.24) is 9.88 Å². The maximum absolute atomic E-state index is 12.9. The molecule has 1 aromatic rings. The van der Waals surface area contributed by atoms with Gasteiger partial charge in [0, 0.05) is 36.6 Å². The molecule has 1 aromatic heterocycles. The van der Waals surface area contributed by atoms with Crippen LogP contribution in [-0.2, 0) is 11.2 Å². The maximum Gasteiger partial charge on any atom is 0.254 e. The van der Waals surface area contributed by atoms with E-state index in [1.807, 2.05) is 17.0 Å². The molecule has 0 spiro atoms. The SMILES string of the molecule is CCCc1cc(C(=O)N(CC)[C@H]2CCOC(C)(C)C2)ccn1. The van der Waals surface area contributed by atoms with E-state index in [0.29, 0.717) is 0 Å². The number of aryl methyl sites for hydroxylation is 1. The topological polar surface area (TPSA) is 42.4 Å². The fourth-order valence-electron chi connectivity index (χ4n) is 3.20. The smallest absolute Gasteiger partial charge is 0.254 e. The highest BCUT2D eigenvalue weighted by atomic mass is 16.5. The van der Waals surface area contributed by atoms with Crippen molar-refractivity contribution in [3.63, 3.8) is 0 Å². The van der Waals surface area contributed by atoms with Gasteiger partial charge in [-0.05, 0) is 52.2 Å². The highest BCUT2D eigenvalue weighted by molar-refractivity contribution is 5.94. The van der Waals surface area contributed by atoms with Crippen LogP contribution in [0.3, 0.4) is 0 Å². The maximum atomic E-state index is 12.9. The first kappa shape index (κ1) is 16.9. The Hall–Kier alpha value is -1.42. The summed E-state index contributed by atoms with van der Waals surface area (Å²) in [7, 11) is 0. The van der Waals surface area contributed by atoms with E-state index in [4.69, 9.17) is 4.74 Å². The summed E-state index contributed by atoms with van der Waals surface area (Å²) >= 11 is 0. The molecule has 2 rings (SSSR count). The van der Waals surface area contributed by atoms with Gasteiger partial charge < -0.3 is 9.64 Å². The minimum atomic E-state index is -0.151. The molecule has 1 fully saturated rings. The number of hydrogen-bond donors (Lipinski definition) is 0. The van der Waals surface area contributed by atoms with Crippen LogP contribution < -0.4 is 0 Å². The van der Waals surface area contributed by atoms with Gasteiger partial charge in [0.2, 0.25) is 0 Å². The minimum absolute atomic E-state index is 0.116. The van der Waals surface area contributed by atoms with Crippen LogP contribution in [0.1, 0.15) is 63.0 Å².